The summed E-state index contributed by atoms with van der Waals surface area (Å²) in [6, 6.07) is 4.25. The molecular formula is C11H19N3. The van der Waals surface area contributed by atoms with E-state index in [1.54, 1.807) is 6.20 Å². The molecular weight excluding hydrogens is 174 g/mol. The van der Waals surface area contributed by atoms with Crippen molar-refractivity contribution in [2.75, 3.05) is 5.32 Å². The lowest BCUT2D eigenvalue weighted by molar-refractivity contribution is 0.357. The topological polar surface area (TPSA) is 37.8 Å². The molecule has 1 aromatic rings. The van der Waals surface area contributed by atoms with E-state index in [1.807, 2.05) is 12.1 Å². The number of nitrogens with one attached hydrogen (secondary N) is 1. The monoisotopic (exact) mass is 193 g/mol. The van der Waals surface area contributed by atoms with Crippen LogP contribution in [0.15, 0.2) is 18.3 Å². The van der Waals surface area contributed by atoms with E-state index in [1.165, 1.54) is 0 Å². The Balaban J connectivity index is 2.46. The normalized spacial score (nSPS) is 13.7. The van der Waals surface area contributed by atoms with Gasteiger partial charge >= 0.3 is 0 Å². The second kappa shape index (κ2) is 4.40. The van der Waals surface area contributed by atoms with Crippen LogP contribution in [0.1, 0.15) is 34.1 Å². The lowest BCUT2D eigenvalue weighted by Gasteiger charge is -2.24. The summed E-state index contributed by atoms with van der Waals surface area (Å²) in [6.07, 6.45) is 2.79. The summed E-state index contributed by atoms with van der Waals surface area (Å²) < 4.78 is 0. The maximum atomic E-state index is 3.99. The van der Waals surface area contributed by atoms with E-state index in [0.29, 0.717) is 11.5 Å². The zero-order chi connectivity index (χ0) is 10.6. The van der Waals surface area contributed by atoms with Crippen LogP contribution in [0, 0.1) is 5.41 Å². The second-order valence-electron chi connectivity index (χ2n) is 4.92. The highest BCUT2D eigenvalue weighted by atomic mass is 15.2. The van der Waals surface area contributed by atoms with Gasteiger partial charge in [0.25, 0.3) is 0 Å². The van der Waals surface area contributed by atoms with Crippen molar-refractivity contribution < 1.29 is 0 Å². The standard InChI is InChI=1S/C11H19N3/c1-9(8-11(2,3)4)13-10-6-5-7-12-14-10/h5-7,9H,8H2,1-4H3,(H,13,14). The van der Waals surface area contributed by atoms with Crippen molar-refractivity contribution in [1.29, 1.82) is 0 Å². The highest BCUT2D eigenvalue weighted by molar-refractivity contribution is 5.32. The fraction of sp³-hybridized carbons (Fsp3) is 0.636. The molecule has 0 bridgehead atoms. The van der Waals surface area contributed by atoms with Gasteiger partial charge in [-0.05, 0) is 30.9 Å². The zero-order valence-corrected chi connectivity index (χ0v) is 9.41. The number of hydrogen-bond acceptors (Lipinski definition) is 3. The number of nitrogens with zero attached hydrogens (tertiary/aromatic N) is 2. The molecule has 0 aliphatic rings. The van der Waals surface area contributed by atoms with E-state index in [4.69, 9.17) is 0 Å². The molecule has 0 aromatic carbocycles. The molecule has 1 unspecified atom stereocenters. The summed E-state index contributed by atoms with van der Waals surface area (Å²) in [4.78, 5) is 0. The quantitative estimate of drug-likeness (QED) is 0.802. The Bertz CT molecular complexity index is 264. The first-order valence-electron chi connectivity index (χ1n) is 5.01. The third-order valence-corrected chi connectivity index (χ3v) is 1.89. The van der Waals surface area contributed by atoms with Crippen LogP contribution in [0.3, 0.4) is 0 Å². The van der Waals surface area contributed by atoms with Gasteiger partial charge in [0.2, 0.25) is 0 Å². The van der Waals surface area contributed by atoms with Crippen LogP contribution in [-0.4, -0.2) is 16.2 Å². The summed E-state index contributed by atoms with van der Waals surface area (Å²) >= 11 is 0. The Hall–Kier alpha value is -1.12. The van der Waals surface area contributed by atoms with Crippen molar-refractivity contribution in [3.63, 3.8) is 0 Å². The molecule has 0 radical (unpaired) electrons. The average molecular weight is 193 g/mol. The summed E-state index contributed by atoms with van der Waals surface area (Å²) in [5.41, 5.74) is 0.342. The van der Waals surface area contributed by atoms with Gasteiger partial charge in [-0.3, -0.25) is 0 Å². The predicted octanol–water partition coefficient (Wildman–Crippen LogP) is 2.71. The molecule has 3 nitrogen and oxygen atoms in total. The fourth-order valence-corrected chi connectivity index (χ4v) is 1.60. The molecule has 1 heterocycles. The highest BCUT2D eigenvalue weighted by Gasteiger charge is 2.15. The van der Waals surface area contributed by atoms with Gasteiger partial charge in [0.05, 0.1) is 0 Å². The van der Waals surface area contributed by atoms with Gasteiger partial charge in [-0.25, -0.2) is 0 Å². The number of hydrogen-bond donors (Lipinski definition) is 1. The summed E-state index contributed by atoms with van der Waals surface area (Å²) in [5, 5.41) is 11.1. The summed E-state index contributed by atoms with van der Waals surface area (Å²) in [7, 11) is 0. The first-order chi connectivity index (χ1) is 6.47. The van der Waals surface area contributed by atoms with Crippen molar-refractivity contribution in [2.45, 2.75) is 40.2 Å². The van der Waals surface area contributed by atoms with Crippen LogP contribution in [0.2, 0.25) is 0 Å². The lowest BCUT2D eigenvalue weighted by Crippen LogP contribution is -2.23. The molecule has 0 saturated carbocycles. The van der Waals surface area contributed by atoms with E-state index in [0.717, 1.165) is 12.2 Å². The highest BCUT2D eigenvalue weighted by Crippen LogP contribution is 2.21. The molecule has 0 spiro atoms. The Kier molecular flexibility index (Phi) is 3.44. The largest absolute Gasteiger partial charge is 0.366 e. The molecule has 1 atom stereocenters. The molecule has 78 valence electrons. The van der Waals surface area contributed by atoms with E-state index in [2.05, 4.69) is 43.2 Å². The van der Waals surface area contributed by atoms with Gasteiger partial charge in [0.15, 0.2) is 0 Å². The smallest absolute Gasteiger partial charge is 0.148 e. The van der Waals surface area contributed by atoms with E-state index in [-0.39, 0.29) is 0 Å². The minimum atomic E-state index is 0.342. The van der Waals surface area contributed by atoms with Crippen LogP contribution >= 0.6 is 0 Å². The van der Waals surface area contributed by atoms with Gasteiger partial charge in [-0.15, -0.1) is 5.10 Å². The van der Waals surface area contributed by atoms with E-state index in [9.17, 15) is 0 Å². The third kappa shape index (κ3) is 4.21. The second-order valence-corrected chi connectivity index (χ2v) is 4.92. The molecule has 0 amide bonds. The summed E-state index contributed by atoms with van der Waals surface area (Å²) in [6.45, 7) is 8.88. The minimum absolute atomic E-state index is 0.342. The summed E-state index contributed by atoms with van der Waals surface area (Å²) in [5.74, 6) is 0.851. The van der Waals surface area contributed by atoms with Gasteiger partial charge in [0, 0.05) is 12.2 Å². The van der Waals surface area contributed by atoms with Crippen molar-refractivity contribution in [3.05, 3.63) is 18.3 Å². The van der Waals surface area contributed by atoms with Crippen molar-refractivity contribution in [2.24, 2.45) is 5.41 Å². The van der Waals surface area contributed by atoms with Gasteiger partial charge in [-0.2, -0.15) is 5.10 Å². The SMILES string of the molecule is CC(CC(C)(C)C)Nc1cccnn1. The van der Waals surface area contributed by atoms with Gasteiger partial charge in [-0.1, -0.05) is 20.8 Å². The van der Waals surface area contributed by atoms with Crippen LogP contribution < -0.4 is 5.32 Å². The van der Waals surface area contributed by atoms with Crippen molar-refractivity contribution in [3.8, 4) is 0 Å². The van der Waals surface area contributed by atoms with E-state index < -0.39 is 0 Å². The maximum Gasteiger partial charge on any atom is 0.148 e. The zero-order valence-electron chi connectivity index (χ0n) is 9.41. The van der Waals surface area contributed by atoms with E-state index >= 15 is 0 Å². The number of rotatable bonds is 3. The fourth-order valence-electron chi connectivity index (χ4n) is 1.60. The lowest BCUT2D eigenvalue weighted by atomic mass is 9.89. The minimum Gasteiger partial charge on any atom is -0.366 e. The first kappa shape index (κ1) is 11.0. The Morgan fingerprint density at radius 2 is 2.14 bits per heavy atom. The van der Waals surface area contributed by atoms with Crippen LogP contribution in [0.4, 0.5) is 5.82 Å². The van der Waals surface area contributed by atoms with Crippen molar-refractivity contribution >= 4 is 5.82 Å². The molecule has 3 heteroatoms. The van der Waals surface area contributed by atoms with Crippen LogP contribution in [0.25, 0.3) is 0 Å². The van der Waals surface area contributed by atoms with Crippen LogP contribution in [-0.2, 0) is 0 Å². The van der Waals surface area contributed by atoms with Gasteiger partial charge < -0.3 is 5.32 Å². The molecule has 0 saturated heterocycles. The Morgan fingerprint density at radius 1 is 1.43 bits per heavy atom. The van der Waals surface area contributed by atoms with Gasteiger partial charge in [0.1, 0.15) is 5.82 Å². The van der Waals surface area contributed by atoms with Crippen LogP contribution in [0.5, 0.6) is 0 Å². The maximum absolute atomic E-state index is 3.99. The first-order valence-corrected chi connectivity index (χ1v) is 5.01. The molecule has 0 aliphatic heterocycles. The average Bonchev–Trinajstić information content (AvgIpc) is 2.02. The molecule has 0 fully saturated rings. The Labute approximate surface area is 85.9 Å². The predicted molar refractivity (Wildman–Crippen MR) is 59.2 cm³/mol. The molecule has 0 aliphatic carbocycles. The van der Waals surface area contributed by atoms with Crippen molar-refractivity contribution in [1.82, 2.24) is 10.2 Å². The number of aromatic nitrogens is 2. The molecule has 14 heavy (non-hydrogen) atoms. The third-order valence-electron chi connectivity index (χ3n) is 1.89. The Morgan fingerprint density at radius 3 is 2.64 bits per heavy atom. The molecule has 1 aromatic heterocycles. The molecule has 1 rings (SSSR count). The number of anilines is 1. The molecule has 1 N–H and O–H groups in total.